The topological polar surface area (TPSA) is 65.0 Å². The van der Waals surface area contributed by atoms with Crippen molar-refractivity contribution in [1.29, 1.82) is 0 Å². The first-order valence-corrected chi connectivity index (χ1v) is 16.3. The van der Waals surface area contributed by atoms with E-state index in [1.807, 2.05) is 24.3 Å². The van der Waals surface area contributed by atoms with E-state index in [4.69, 9.17) is 13.9 Å². The summed E-state index contributed by atoms with van der Waals surface area (Å²) in [6.45, 7) is 19.8. The second-order valence-corrected chi connectivity index (χ2v) is 17.8. The van der Waals surface area contributed by atoms with Crippen LogP contribution >= 0.6 is 0 Å². The molecule has 0 bridgehead atoms. The zero-order valence-corrected chi connectivity index (χ0v) is 25.0. The molecule has 5 nitrogen and oxygen atoms in total. The Kier molecular flexibility index (Phi) is 8.58. The molecule has 0 unspecified atom stereocenters. The molecule has 1 aliphatic heterocycles. The molecule has 0 radical (unpaired) electrons. The van der Waals surface area contributed by atoms with Gasteiger partial charge in [0.2, 0.25) is 8.32 Å². The average molecular weight is 539 g/mol. The van der Waals surface area contributed by atoms with Gasteiger partial charge in [0.15, 0.2) is 6.10 Å². The number of esters is 1. The minimum absolute atomic E-state index is 0.0489. The highest BCUT2D eigenvalue weighted by Crippen LogP contribution is 2.62. The number of hydrogen-bond acceptors (Lipinski definition) is 5. The third-order valence-corrected chi connectivity index (χ3v) is 15.7. The number of ether oxygens (including phenoxy) is 2. The van der Waals surface area contributed by atoms with E-state index in [9.17, 15) is 9.90 Å². The van der Waals surface area contributed by atoms with Gasteiger partial charge in [-0.2, -0.15) is 0 Å². The van der Waals surface area contributed by atoms with E-state index in [-0.39, 0.29) is 5.92 Å². The van der Waals surface area contributed by atoms with Crippen LogP contribution in [0.2, 0.25) is 16.6 Å². The first kappa shape index (κ1) is 29.0. The Bertz CT molecular complexity index is 1050. The maximum Gasteiger partial charge on any atom is 0.335 e. The van der Waals surface area contributed by atoms with Crippen LogP contribution in [0.4, 0.5) is 0 Å². The summed E-state index contributed by atoms with van der Waals surface area (Å²) in [7, 11) is -2.12. The van der Waals surface area contributed by atoms with Crippen molar-refractivity contribution in [2.45, 2.75) is 83.7 Å². The standard InChI is InChI=1S/C32H46O5Si/c1-8-31(21-35-18-25-12-10-9-11-13-25)26(20-37-38(22(2)3,23(4)5)24(6)7)16-17-32-27(14-15-28(31)32)19-36-30(34)29(32)33/h8-13,15-16,22-24,27,29,33H,1,14,17-21H2,2-7H3/t27-,29-,31+,32+/m0/s1. The summed E-state index contributed by atoms with van der Waals surface area (Å²) in [6, 6.07) is 10.1. The van der Waals surface area contributed by atoms with Gasteiger partial charge in [0.25, 0.3) is 0 Å². The van der Waals surface area contributed by atoms with Gasteiger partial charge in [-0.3, -0.25) is 0 Å². The lowest BCUT2D eigenvalue weighted by atomic mass is 9.54. The van der Waals surface area contributed by atoms with Crippen LogP contribution in [0.25, 0.3) is 0 Å². The van der Waals surface area contributed by atoms with Gasteiger partial charge in [-0.15, -0.1) is 6.58 Å². The average Bonchev–Trinajstić information content (AvgIpc) is 3.28. The smallest absolute Gasteiger partial charge is 0.335 e. The van der Waals surface area contributed by atoms with Crippen molar-refractivity contribution in [3.05, 3.63) is 71.8 Å². The van der Waals surface area contributed by atoms with E-state index < -0.39 is 31.2 Å². The molecule has 2 aliphatic carbocycles. The van der Waals surface area contributed by atoms with E-state index in [0.29, 0.717) is 49.5 Å². The molecule has 3 aliphatic rings. The van der Waals surface area contributed by atoms with Crippen LogP contribution in [0.15, 0.2) is 66.3 Å². The van der Waals surface area contributed by atoms with Gasteiger partial charge in [0.05, 0.1) is 31.8 Å². The van der Waals surface area contributed by atoms with E-state index >= 15 is 0 Å². The number of carbonyl (C=O) groups is 1. The summed E-state index contributed by atoms with van der Waals surface area (Å²) >= 11 is 0. The van der Waals surface area contributed by atoms with Crippen molar-refractivity contribution >= 4 is 14.3 Å². The maximum atomic E-state index is 12.7. The fourth-order valence-corrected chi connectivity index (χ4v) is 13.2. The first-order chi connectivity index (χ1) is 18.1. The Morgan fingerprint density at radius 2 is 1.74 bits per heavy atom. The van der Waals surface area contributed by atoms with Crippen LogP contribution in [0.3, 0.4) is 0 Å². The molecule has 4 rings (SSSR count). The van der Waals surface area contributed by atoms with Crippen LogP contribution in [0.1, 0.15) is 59.9 Å². The van der Waals surface area contributed by atoms with Gasteiger partial charge in [-0.05, 0) is 46.2 Å². The fourth-order valence-electron chi connectivity index (χ4n) is 7.84. The van der Waals surface area contributed by atoms with Gasteiger partial charge in [-0.1, -0.05) is 90.1 Å². The van der Waals surface area contributed by atoms with E-state index in [2.05, 4.69) is 72.4 Å². The molecule has 0 aromatic heterocycles. The molecule has 1 aromatic carbocycles. The summed E-state index contributed by atoms with van der Waals surface area (Å²) in [6.07, 6.45) is 6.56. The zero-order valence-electron chi connectivity index (χ0n) is 24.0. The molecule has 38 heavy (non-hydrogen) atoms. The third kappa shape index (κ3) is 4.57. The van der Waals surface area contributed by atoms with Gasteiger partial charge in [-0.25, -0.2) is 4.79 Å². The van der Waals surface area contributed by atoms with Crippen LogP contribution in [0, 0.1) is 16.7 Å². The lowest BCUT2D eigenvalue weighted by Gasteiger charge is -2.53. The number of hydrogen-bond donors (Lipinski definition) is 1. The van der Waals surface area contributed by atoms with Gasteiger partial charge in [0.1, 0.15) is 0 Å². The molecule has 1 heterocycles. The molecule has 1 aromatic rings. The molecule has 6 heteroatoms. The Morgan fingerprint density at radius 1 is 1.08 bits per heavy atom. The summed E-state index contributed by atoms with van der Waals surface area (Å²) in [5, 5.41) is 11.3. The molecule has 1 N–H and O–H groups in total. The van der Waals surface area contributed by atoms with Crippen LogP contribution in [-0.4, -0.2) is 45.3 Å². The maximum absolute atomic E-state index is 12.7. The van der Waals surface area contributed by atoms with Crippen molar-refractivity contribution in [3.8, 4) is 0 Å². The third-order valence-electron chi connectivity index (χ3n) is 9.69. The quantitative estimate of drug-likeness (QED) is 0.192. The van der Waals surface area contributed by atoms with Crippen LogP contribution < -0.4 is 0 Å². The SMILES string of the molecule is C=C[C@@]1(COCc2ccccc2)C(CO[Si](C(C)C)(C(C)C)C(C)C)=CC[C@]23C1=CC[C@H]2COC(=O)[C@@H]3O. The predicted octanol–water partition coefficient (Wildman–Crippen LogP) is 6.75. The largest absolute Gasteiger partial charge is 0.463 e. The Balaban J connectivity index is 1.73. The van der Waals surface area contributed by atoms with E-state index in [0.717, 1.165) is 23.1 Å². The molecular weight excluding hydrogens is 492 g/mol. The molecule has 0 amide bonds. The van der Waals surface area contributed by atoms with Gasteiger partial charge >= 0.3 is 5.97 Å². The van der Waals surface area contributed by atoms with Crippen molar-refractivity contribution < 1.29 is 23.8 Å². The highest BCUT2D eigenvalue weighted by atomic mass is 28.4. The van der Waals surface area contributed by atoms with Crippen molar-refractivity contribution in [2.75, 3.05) is 19.8 Å². The minimum Gasteiger partial charge on any atom is -0.463 e. The van der Waals surface area contributed by atoms with Crippen molar-refractivity contribution in [1.82, 2.24) is 0 Å². The van der Waals surface area contributed by atoms with E-state index in [1.54, 1.807) is 0 Å². The summed E-state index contributed by atoms with van der Waals surface area (Å²) in [4.78, 5) is 12.7. The molecule has 4 atom stereocenters. The number of rotatable bonds is 11. The highest BCUT2D eigenvalue weighted by Gasteiger charge is 2.62. The summed E-state index contributed by atoms with van der Waals surface area (Å²) in [5.41, 5.74) is 3.33. The summed E-state index contributed by atoms with van der Waals surface area (Å²) < 4.78 is 18.9. The number of cyclic esters (lactones) is 1. The number of aliphatic hydroxyl groups is 1. The lowest BCUT2D eigenvalue weighted by molar-refractivity contribution is -0.178. The van der Waals surface area contributed by atoms with Gasteiger partial charge in [0, 0.05) is 11.3 Å². The van der Waals surface area contributed by atoms with Crippen molar-refractivity contribution in [3.63, 3.8) is 0 Å². The fraction of sp³-hybridized carbons (Fsp3) is 0.594. The van der Waals surface area contributed by atoms with E-state index in [1.165, 1.54) is 0 Å². The zero-order chi connectivity index (χ0) is 27.7. The number of carbonyl (C=O) groups excluding carboxylic acids is 1. The molecule has 1 fully saturated rings. The Labute approximate surface area is 230 Å². The first-order valence-electron chi connectivity index (χ1n) is 14.2. The van der Waals surface area contributed by atoms with Crippen LogP contribution in [-0.2, 0) is 25.3 Å². The second kappa shape index (κ2) is 11.2. The number of aliphatic hydroxyl groups excluding tert-OH is 1. The highest BCUT2D eigenvalue weighted by molar-refractivity contribution is 6.77. The Hall–Kier alpha value is -1.99. The monoisotopic (exact) mass is 538 g/mol. The molecular formula is C32H46O5Si. The number of allylic oxidation sites excluding steroid dienone is 2. The molecule has 1 saturated heterocycles. The number of benzene rings is 1. The second-order valence-electron chi connectivity index (χ2n) is 12.3. The Morgan fingerprint density at radius 3 is 2.34 bits per heavy atom. The molecule has 208 valence electrons. The predicted molar refractivity (Wildman–Crippen MR) is 154 cm³/mol. The summed E-state index contributed by atoms with van der Waals surface area (Å²) in [5.74, 6) is -0.482. The minimum atomic E-state index is -2.12. The van der Waals surface area contributed by atoms with Crippen molar-refractivity contribution in [2.24, 2.45) is 16.7 Å². The lowest BCUT2D eigenvalue weighted by Crippen LogP contribution is -2.57. The van der Waals surface area contributed by atoms with Crippen LogP contribution in [0.5, 0.6) is 0 Å². The van der Waals surface area contributed by atoms with Gasteiger partial charge < -0.3 is 19.0 Å². The molecule has 0 saturated carbocycles. The molecule has 1 spiro atoms. The normalized spacial score (nSPS) is 29.2.